The molecule has 9 heteroatoms. The van der Waals surface area contributed by atoms with Crippen molar-refractivity contribution >= 4 is 27.2 Å². The van der Waals surface area contributed by atoms with Crippen LogP contribution in [-0.4, -0.2) is 37.5 Å². The van der Waals surface area contributed by atoms with E-state index in [4.69, 9.17) is 4.74 Å². The van der Waals surface area contributed by atoms with Crippen LogP contribution in [0.4, 0.5) is 10.2 Å². The fourth-order valence-electron chi connectivity index (χ4n) is 3.96. The molecule has 0 unspecified atom stereocenters. The summed E-state index contributed by atoms with van der Waals surface area (Å²) in [6, 6.07) is 3.12. The molecule has 1 saturated heterocycles. The Morgan fingerprint density at radius 2 is 2.19 bits per heavy atom. The second-order valence-corrected chi connectivity index (χ2v) is 9.40. The number of benzene rings is 1. The number of rotatable bonds is 4. The molecule has 2 atom stereocenters. The molecule has 146 valence electrons. The van der Waals surface area contributed by atoms with E-state index >= 15 is 0 Å². The third kappa shape index (κ3) is 3.68. The first kappa shape index (κ1) is 18.6. The number of ether oxygens (including phenoxy) is 1. The van der Waals surface area contributed by atoms with Gasteiger partial charge in [-0.2, -0.15) is 0 Å². The molecule has 0 bridgehead atoms. The van der Waals surface area contributed by atoms with Gasteiger partial charge in [-0.25, -0.2) is 17.8 Å². The van der Waals surface area contributed by atoms with Crippen LogP contribution in [0.5, 0.6) is 5.75 Å². The van der Waals surface area contributed by atoms with Crippen LogP contribution in [0.2, 0.25) is 0 Å². The quantitative estimate of drug-likeness (QED) is 0.829. The van der Waals surface area contributed by atoms with Gasteiger partial charge in [-0.05, 0) is 32.4 Å². The van der Waals surface area contributed by atoms with Crippen molar-refractivity contribution in [3.8, 4) is 5.75 Å². The Bertz CT molecular complexity index is 918. The van der Waals surface area contributed by atoms with Crippen molar-refractivity contribution in [2.24, 2.45) is 0 Å². The highest BCUT2D eigenvalue weighted by Crippen LogP contribution is 2.41. The second-order valence-electron chi connectivity index (χ2n) is 7.04. The van der Waals surface area contributed by atoms with Gasteiger partial charge >= 0.3 is 0 Å². The third-order valence-corrected chi connectivity index (χ3v) is 7.24. The first-order valence-electron chi connectivity index (χ1n) is 9.09. The summed E-state index contributed by atoms with van der Waals surface area (Å²) in [6.45, 7) is 3.66. The van der Waals surface area contributed by atoms with E-state index < -0.39 is 20.7 Å². The Morgan fingerprint density at radius 1 is 1.33 bits per heavy atom. The fourth-order valence-corrected chi connectivity index (χ4v) is 5.59. The molecule has 1 aromatic carbocycles. The number of likely N-dealkylation sites (tertiary alicyclic amines) is 1. The van der Waals surface area contributed by atoms with Crippen molar-refractivity contribution in [2.75, 3.05) is 17.9 Å². The van der Waals surface area contributed by atoms with E-state index in [1.54, 1.807) is 5.38 Å². The lowest BCUT2D eigenvalue weighted by molar-refractivity contribution is 0.0756. The molecule has 3 heterocycles. The van der Waals surface area contributed by atoms with Gasteiger partial charge in [0.25, 0.3) is 10.0 Å². The Hall–Kier alpha value is -1.71. The van der Waals surface area contributed by atoms with Crippen molar-refractivity contribution in [1.82, 2.24) is 9.88 Å². The van der Waals surface area contributed by atoms with Crippen molar-refractivity contribution in [2.45, 2.75) is 49.6 Å². The molecular weight excluding hydrogens is 389 g/mol. The van der Waals surface area contributed by atoms with E-state index in [-0.39, 0.29) is 11.9 Å². The number of nitrogens with one attached hydrogen (secondary N) is 1. The first-order chi connectivity index (χ1) is 13.0. The molecule has 1 fully saturated rings. The van der Waals surface area contributed by atoms with Crippen LogP contribution >= 0.6 is 11.3 Å². The molecule has 1 aromatic heterocycles. The summed E-state index contributed by atoms with van der Waals surface area (Å²) in [7, 11) is -4.07. The predicted molar refractivity (Wildman–Crippen MR) is 102 cm³/mol. The monoisotopic (exact) mass is 411 g/mol. The van der Waals surface area contributed by atoms with E-state index in [9.17, 15) is 12.8 Å². The molecule has 1 N–H and O–H groups in total. The van der Waals surface area contributed by atoms with Gasteiger partial charge < -0.3 is 4.74 Å². The van der Waals surface area contributed by atoms with Crippen LogP contribution < -0.4 is 9.46 Å². The minimum Gasteiger partial charge on any atom is -0.493 e. The number of anilines is 1. The molecule has 6 nitrogen and oxygen atoms in total. The Balaban J connectivity index is 1.68. The Kier molecular flexibility index (Phi) is 5.09. The van der Waals surface area contributed by atoms with E-state index in [1.807, 2.05) is 0 Å². The van der Waals surface area contributed by atoms with Crippen LogP contribution in [0.15, 0.2) is 27.9 Å². The normalized spacial score (nSPS) is 23.5. The highest BCUT2D eigenvalue weighted by Gasteiger charge is 2.33. The minimum atomic E-state index is -4.07. The summed E-state index contributed by atoms with van der Waals surface area (Å²) >= 11 is 1.26. The van der Waals surface area contributed by atoms with Gasteiger partial charge in [0.05, 0.1) is 12.1 Å². The molecule has 2 aliphatic heterocycles. The van der Waals surface area contributed by atoms with Gasteiger partial charge in [0.1, 0.15) is 16.5 Å². The first-order valence-corrected chi connectivity index (χ1v) is 11.5. The summed E-state index contributed by atoms with van der Waals surface area (Å²) in [5.74, 6) is -0.140. The third-order valence-electron chi connectivity index (χ3n) is 5.29. The number of nitrogens with zero attached hydrogens (tertiary/aromatic N) is 2. The van der Waals surface area contributed by atoms with E-state index in [2.05, 4.69) is 21.5 Å². The number of halogens is 1. The summed E-state index contributed by atoms with van der Waals surface area (Å²) < 4.78 is 48.0. The van der Waals surface area contributed by atoms with Crippen molar-refractivity contribution < 1.29 is 17.5 Å². The molecule has 0 radical (unpaired) electrons. The zero-order valence-electron chi connectivity index (χ0n) is 15.0. The predicted octanol–water partition coefficient (Wildman–Crippen LogP) is 3.78. The number of fused-ring (bicyclic) bond motifs is 1. The average molecular weight is 412 g/mol. The molecule has 4 rings (SSSR count). The van der Waals surface area contributed by atoms with Crippen LogP contribution in [0.3, 0.4) is 0 Å². The summed E-state index contributed by atoms with van der Waals surface area (Å²) in [5, 5.41) is 1.55. The fraction of sp³-hybridized carbons (Fsp3) is 0.500. The van der Waals surface area contributed by atoms with Crippen molar-refractivity contribution in [1.29, 1.82) is 0 Å². The van der Waals surface area contributed by atoms with E-state index in [1.165, 1.54) is 35.4 Å². The number of sulfonamides is 1. The lowest BCUT2D eigenvalue weighted by atomic mass is 9.93. The summed E-state index contributed by atoms with van der Waals surface area (Å²) in [4.78, 5) is 5.87. The van der Waals surface area contributed by atoms with Crippen LogP contribution in [0.1, 0.15) is 44.2 Å². The Morgan fingerprint density at radius 3 is 2.93 bits per heavy atom. The van der Waals surface area contributed by atoms with Crippen LogP contribution in [0.25, 0.3) is 0 Å². The van der Waals surface area contributed by atoms with Crippen LogP contribution in [0, 0.1) is 5.82 Å². The van der Waals surface area contributed by atoms with Gasteiger partial charge in [-0.1, -0.05) is 6.42 Å². The van der Waals surface area contributed by atoms with Crippen molar-refractivity contribution in [3.63, 3.8) is 0 Å². The lowest BCUT2D eigenvalue weighted by Gasteiger charge is -2.42. The maximum atomic E-state index is 14.8. The Labute approximate surface area is 162 Å². The molecule has 0 saturated carbocycles. The molecule has 0 spiro atoms. The van der Waals surface area contributed by atoms with E-state index in [0.717, 1.165) is 31.4 Å². The minimum absolute atomic E-state index is 0.0572. The molecule has 27 heavy (non-hydrogen) atoms. The molecule has 0 aliphatic carbocycles. The standard InChI is InChI=1S/C18H22FN3O3S2/c1-12-4-2-3-6-22(12)15-5-7-25-16-9-17(14(19)8-13(15)16)27(23,24)21-18-10-26-11-20-18/h8-12,15,21H,2-7H2,1H3/t12-,15-/m1/s1. The van der Waals surface area contributed by atoms with Gasteiger partial charge in [0.2, 0.25) is 0 Å². The lowest BCUT2D eigenvalue weighted by Crippen LogP contribution is -2.42. The molecule has 0 amide bonds. The smallest absolute Gasteiger partial charge is 0.266 e. The zero-order chi connectivity index (χ0) is 19.0. The number of hydrogen-bond acceptors (Lipinski definition) is 6. The second kappa shape index (κ2) is 7.37. The van der Waals surface area contributed by atoms with Crippen molar-refractivity contribution in [3.05, 3.63) is 34.4 Å². The maximum Gasteiger partial charge on any atom is 0.266 e. The summed E-state index contributed by atoms with van der Waals surface area (Å²) in [5.41, 5.74) is 2.24. The molecular formula is C18H22FN3O3S2. The van der Waals surface area contributed by atoms with Gasteiger partial charge in [-0.3, -0.25) is 9.62 Å². The average Bonchev–Trinajstić information content (AvgIpc) is 3.13. The van der Waals surface area contributed by atoms with Crippen LogP contribution in [-0.2, 0) is 10.0 Å². The highest BCUT2D eigenvalue weighted by atomic mass is 32.2. The topological polar surface area (TPSA) is 71.5 Å². The molecule has 2 aliphatic rings. The number of aromatic nitrogens is 1. The number of hydrogen-bond donors (Lipinski definition) is 1. The molecule has 2 aromatic rings. The largest absolute Gasteiger partial charge is 0.493 e. The van der Waals surface area contributed by atoms with Gasteiger partial charge in [0.15, 0.2) is 5.82 Å². The van der Waals surface area contributed by atoms with E-state index in [0.29, 0.717) is 18.4 Å². The maximum absolute atomic E-state index is 14.8. The summed E-state index contributed by atoms with van der Waals surface area (Å²) in [6.07, 6.45) is 4.24. The SMILES string of the molecule is C[C@@H]1CCCCN1[C@@H]1CCOc2cc(S(=O)(=O)Nc3cscn3)c(F)cc21. The van der Waals surface area contributed by atoms with Gasteiger partial charge in [0, 0.05) is 35.5 Å². The van der Waals surface area contributed by atoms with Gasteiger partial charge in [-0.15, -0.1) is 11.3 Å². The highest BCUT2D eigenvalue weighted by molar-refractivity contribution is 7.92. The number of thiazole rings is 1. The number of piperidine rings is 1. The zero-order valence-corrected chi connectivity index (χ0v) is 16.7.